The second-order valence-corrected chi connectivity index (χ2v) is 6.68. The lowest BCUT2D eigenvalue weighted by molar-refractivity contribution is -0.128. The fraction of sp³-hybridized carbons (Fsp3) is 0.526. The lowest BCUT2D eigenvalue weighted by Gasteiger charge is -2.18. The Bertz CT molecular complexity index is 642. The minimum atomic E-state index is -0.473. The molecule has 0 aromatic heterocycles. The van der Waals surface area contributed by atoms with Crippen molar-refractivity contribution in [3.63, 3.8) is 0 Å². The maximum atomic E-state index is 12.5. The number of carbonyl (C=O) groups excluding carboxylic acids is 3. The van der Waals surface area contributed by atoms with E-state index in [-0.39, 0.29) is 24.8 Å². The first-order valence-electron chi connectivity index (χ1n) is 8.77. The van der Waals surface area contributed by atoms with Gasteiger partial charge in [0, 0.05) is 19.5 Å². The number of hydrogen-bond acceptors (Lipinski definition) is 4. The molecule has 136 valence electrons. The number of amides is 2. The van der Waals surface area contributed by atoms with Gasteiger partial charge in [0.25, 0.3) is 0 Å². The maximum absolute atomic E-state index is 12.5. The van der Waals surface area contributed by atoms with Crippen LogP contribution in [0.2, 0.25) is 0 Å². The van der Waals surface area contributed by atoms with Gasteiger partial charge in [0.1, 0.15) is 0 Å². The van der Waals surface area contributed by atoms with Crippen LogP contribution in [0.3, 0.4) is 0 Å². The number of rotatable bonds is 7. The highest BCUT2D eigenvalue weighted by atomic mass is 16.5. The summed E-state index contributed by atoms with van der Waals surface area (Å²) in [5.41, 5.74) is 0.734. The van der Waals surface area contributed by atoms with E-state index in [1.54, 1.807) is 36.1 Å². The SMILES string of the molecule is CCOC(=O)c1ccccc1NC(=O)C1CC(=O)N(CCC(C)C)C1. The zero-order valence-electron chi connectivity index (χ0n) is 15.1. The van der Waals surface area contributed by atoms with Crippen molar-refractivity contribution in [3.8, 4) is 0 Å². The summed E-state index contributed by atoms with van der Waals surface area (Å²) in [5.74, 6) is -0.580. The molecule has 1 N–H and O–H groups in total. The van der Waals surface area contributed by atoms with Gasteiger partial charge in [-0.1, -0.05) is 26.0 Å². The molecule has 6 heteroatoms. The van der Waals surface area contributed by atoms with Crippen LogP contribution in [-0.4, -0.2) is 42.4 Å². The van der Waals surface area contributed by atoms with Gasteiger partial charge in [-0.3, -0.25) is 9.59 Å². The molecule has 1 aromatic carbocycles. The maximum Gasteiger partial charge on any atom is 0.340 e. The summed E-state index contributed by atoms with van der Waals surface area (Å²) in [6.07, 6.45) is 1.14. The fourth-order valence-electron chi connectivity index (χ4n) is 2.79. The number of para-hydroxylation sites is 1. The Hall–Kier alpha value is -2.37. The summed E-state index contributed by atoms with van der Waals surface area (Å²) in [7, 11) is 0. The monoisotopic (exact) mass is 346 g/mol. The zero-order valence-corrected chi connectivity index (χ0v) is 15.1. The van der Waals surface area contributed by atoms with Gasteiger partial charge < -0.3 is 15.0 Å². The summed E-state index contributed by atoms with van der Waals surface area (Å²) in [6.45, 7) is 7.32. The van der Waals surface area contributed by atoms with Crippen molar-refractivity contribution in [2.45, 2.75) is 33.6 Å². The molecule has 1 fully saturated rings. The summed E-state index contributed by atoms with van der Waals surface area (Å²) in [6, 6.07) is 6.74. The molecule has 0 radical (unpaired) electrons. The Balaban J connectivity index is 2.01. The van der Waals surface area contributed by atoms with Gasteiger partial charge in [-0.2, -0.15) is 0 Å². The van der Waals surface area contributed by atoms with Gasteiger partial charge >= 0.3 is 5.97 Å². The normalized spacial score (nSPS) is 17.0. The number of benzene rings is 1. The highest BCUT2D eigenvalue weighted by molar-refractivity contribution is 6.03. The number of anilines is 1. The van der Waals surface area contributed by atoms with E-state index in [0.29, 0.717) is 30.3 Å². The van der Waals surface area contributed by atoms with E-state index in [0.717, 1.165) is 6.42 Å². The smallest absolute Gasteiger partial charge is 0.340 e. The molecule has 1 heterocycles. The number of hydrogen-bond donors (Lipinski definition) is 1. The molecule has 1 aliphatic rings. The van der Waals surface area contributed by atoms with E-state index in [2.05, 4.69) is 19.2 Å². The van der Waals surface area contributed by atoms with Crippen molar-refractivity contribution in [2.24, 2.45) is 11.8 Å². The third-order valence-corrected chi connectivity index (χ3v) is 4.24. The number of nitrogens with zero attached hydrogens (tertiary/aromatic N) is 1. The second-order valence-electron chi connectivity index (χ2n) is 6.68. The Kier molecular flexibility index (Phi) is 6.56. The number of likely N-dealkylation sites (tertiary alicyclic amines) is 1. The standard InChI is InChI=1S/C19H26N2O4/c1-4-25-19(24)15-7-5-6-8-16(15)20-18(23)14-11-17(22)21(12-14)10-9-13(2)3/h5-8,13-14H,4,9-12H2,1-3H3,(H,20,23). The van der Waals surface area contributed by atoms with E-state index in [9.17, 15) is 14.4 Å². The Morgan fingerprint density at radius 2 is 2.04 bits per heavy atom. The molecule has 25 heavy (non-hydrogen) atoms. The quantitative estimate of drug-likeness (QED) is 0.770. The summed E-state index contributed by atoms with van der Waals surface area (Å²) >= 11 is 0. The van der Waals surface area contributed by atoms with Crippen molar-refractivity contribution in [2.75, 3.05) is 25.0 Å². The van der Waals surface area contributed by atoms with Crippen LogP contribution < -0.4 is 5.32 Å². The molecule has 0 aliphatic carbocycles. The van der Waals surface area contributed by atoms with Crippen molar-refractivity contribution in [3.05, 3.63) is 29.8 Å². The third kappa shape index (κ3) is 5.05. The van der Waals surface area contributed by atoms with Crippen LogP contribution in [0.5, 0.6) is 0 Å². The van der Waals surface area contributed by atoms with Crippen molar-refractivity contribution < 1.29 is 19.1 Å². The first-order valence-corrected chi connectivity index (χ1v) is 8.77. The summed E-state index contributed by atoms with van der Waals surface area (Å²) in [5, 5.41) is 2.78. The summed E-state index contributed by atoms with van der Waals surface area (Å²) < 4.78 is 5.01. The van der Waals surface area contributed by atoms with E-state index in [1.807, 2.05) is 0 Å². The van der Waals surface area contributed by atoms with E-state index < -0.39 is 11.9 Å². The molecule has 2 amide bonds. The molecule has 1 aliphatic heterocycles. The Morgan fingerprint density at radius 1 is 1.32 bits per heavy atom. The van der Waals surface area contributed by atoms with E-state index >= 15 is 0 Å². The Labute approximate surface area is 148 Å². The average Bonchev–Trinajstić information content (AvgIpc) is 2.94. The van der Waals surface area contributed by atoms with Crippen LogP contribution in [0, 0.1) is 11.8 Å². The molecule has 1 unspecified atom stereocenters. The predicted octanol–water partition coefficient (Wildman–Crippen LogP) is 2.70. The summed E-state index contributed by atoms with van der Waals surface area (Å²) in [4.78, 5) is 38.4. The van der Waals surface area contributed by atoms with Crippen LogP contribution in [-0.2, 0) is 14.3 Å². The van der Waals surface area contributed by atoms with Crippen LogP contribution in [0.4, 0.5) is 5.69 Å². The van der Waals surface area contributed by atoms with Crippen LogP contribution in [0.15, 0.2) is 24.3 Å². The topological polar surface area (TPSA) is 75.7 Å². The molecule has 1 aromatic rings. The van der Waals surface area contributed by atoms with Gasteiger partial charge in [-0.05, 0) is 31.4 Å². The van der Waals surface area contributed by atoms with Crippen LogP contribution >= 0.6 is 0 Å². The van der Waals surface area contributed by atoms with Gasteiger partial charge in [0.05, 0.1) is 23.8 Å². The number of carbonyl (C=O) groups is 3. The molecule has 6 nitrogen and oxygen atoms in total. The largest absolute Gasteiger partial charge is 0.462 e. The average molecular weight is 346 g/mol. The highest BCUT2D eigenvalue weighted by Gasteiger charge is 2.34. The van der Waals surface area contributed by atoms with Crippen LogP contribution in [0.25, 0.3) is 0 Å². The molecule has 0 bridgehead atoms. The van der Waals surface area contributed by atoms with Crippen molar-refractivity contribution in [1.82, 2.24) is 4.90 Å². The van der Waals surface area contributed by atoms with E-state index in [4.69, 9.17) is 4.74 Å². The first-order chi connectivity index (χ1) is 11.9. The molecule has 0 spiro atoms. The van der Waals surface area contributed by atoms with E-state index in [1.165, 1.54) is 0 Å². The lowest BCUT2D eigenvalue weighted by Crippen LogP contribution is -2.30. The molecule has 1 atom stereocenters. The highest BCUT2D eigenvalue weighted by Crippen LogP contribution is 2.23. The predicted molar refractivity (Wildman–Crippen MR) is 95.2 cm³/mol. The number of ether oxygens (including phenoxy) is 1. The van der Waals surface area contributed by atoms with Crippen molar-refractivity contribution >= 4 is 23.5 Å². The molecular formula is C19H26N2O4. The molecule has 1 saturated heterocycles. The number of nitrogens with one attached hydrogen (secondary N) is 1. The molecular weight excluding hydrogens is 320 g/mol. The lowest BCUT2D eigenvalue weighted by atomic mass is 10.1. The Morgan fingerprint density at radius 3 is 2.72 bits per heavy atom. The first kappa shape index (κ1) is 19.0. The third-order valence-electron chi connectivity index (χ3n) is 4.24. The van der Waals surface area contributed by atoms with Crippen LogP contribution in [0.1, 0.15) is 44.0 Å². The minimum absolute atomic E-state index is 0.0134. The molecule has 0 saturated carbocycles. The second kappa shape index (κ2) is 8.65. The van der Waals surface area contributed by atoms with Gasteiger partial charge in [-0.25, -0.2) is 4.79 Å². The minimum Gasteiger partial charge on any atom is -0.462 e. The van der Waals surface area contributed by atoms with Gasteiger partial charge in [0.2, 0.25) is 11.8 Å². The van der Waals surface area contributed by atoms with Gasteiger partial charge in [0.15, 0.2) is 0 Å². The zero-order chi connectivity index (χ0) is 18.4. The van der Waals surface area contributed by atoms with Gasteiger partial charge in [-0.15, -0.1) is 0 Å². The molecule has 2 rings (SSSR count). The number of esters is 1. The van der Waals surface area contributed by atoms with Crippen molar-refractivity contribution in [1.29, 1.82) is 0 Å². The fourth-order valence-corrected chi connectivity index (χ4v) is 2.79.